The van der Waals surface area contributed by atoms with Crippen molar-refractivity contribution in [1.82, 2.24) is 0 Å². The topological polar surface area (TPSA) is 55.4 Å². The summed E-state index contributed by atoms with van der Waals surface area (Å²) in [4.78, 5) is 0. The van der Waals surface area contributed by atoms with Gasteiger partial charge in [0.1, 0.15) is 0 Å². The van der Waals surface area contributed by atoms with Crippen molar-refractivity contribution < 1.29 is 28.4 Å². The number of rotatable bonds is 10. The van der Waals surface area contributed by atoms with Gasteiger partial charge in [0.15, 0.2) is 42.6 Å². The highest BCUT2D eigenvalue weighted by molar-refractivity contribution is 7.14. The molecule has 0 unspecified atom stereocenters. The van der Waals surface area contributed by atoms with E-state index < -0.39 is 8.07 Å². The fourth-order valence-electron chi connectivity index (χ4n) is 7.12. The van der Waals surface area contributed by atoms with Crippen molar-refractivity contribution in [3.63, 3.8) is 0 Å². The standard InChI is InChI=1S/C36H46O6Si/c1-20-14-27(37-8)30(40-11)17-33(20)43(36-25(6)23(4)24(5)26(36)7,34-18-31(41-12)28(38-9)15-21(34)2)35-19-32(42-13)29(39-10)16-22(35)3/h14-19,36H,1-13H3. The first-order valence-electron chi connectivity index (χ1n) is 14.5. The molecule has 0 fully saturated rings. The zero-order valence-electron chi connectivity index (χ0n) is 28.0. The lowest BCUT2D eigenvalue weighted by Crippen LogP contribution is -2.72. The lowest BCUT2D eigenvalue weighted by molar-refractivity contribution is 0.355. The fraction of sp³-hybridized carbons (Fsp3) is 0.389. The van der Waals surface area contributed by atoms with Gasteiger partial charge in [-0.05, 0) is 128 Å². The first kappa shape index (κ1) is 32.1. The molecule has 0 bridgehead atoms. The Morgan fingerprint density at radius 1 is 0.395 bits per heavy atom. The van der Waals surface area contributed by atoms with E-state index in [0.717, 1.165) is 16.7 Å². The second-order valence-electron chi connectivity index (χ2n) is 11.4. The molecule has 0 amide bonds. The second-order valence-corrected chi connectivity index (χ2v) is 15.2. The average Bonchev–Trinajstić information content (AvgIpc) is 3.20. The Balaban J connectivity index is 2.38. The first-order valence-corrected chi connectivity index (χ1v) is 16.6. The van der Waals surface area contributed by atoms with Crippen LogP contribution in [-0.2, 0) is 0 Å². The summed E-state index contributed by atoms with van der Waals surface area (Å²) in [7, 11) is 7.04. The van der Waals surface area contributed by atoms with Crippen LogP contribution in [0.1, 0.15) is 44.4 Å². The van der Waals surface area contributed by atoms with E-state index in [4.69, 9.17) is 28.4 Å². The Hall–Kier alpha value is -3.84. The molecule has 43 heavy (non-hydrogen) atoms. The third-order valence-corrected chi connectivity index (χ3v) is 15.4. The van der Waals surface area contributed by atoms with Crippen molar-refractivity contribution in [3.05, 3.63) is 75.4 Å². The maximum atomic E-state index is 5.96. The molecule has 230 valence electrons. The number of aryl methyl sites for hydroxylation is 3. The second kappa shape index (κ2) is 12.4. The molecule has 0 radical (unpaired) electrons. The lowest BCUT2D eigenvalue weighted by atomic mass is 10.1. The number of methoxy groups -OCH3 is 6. The third-order valence-electron chi connectivity index (χ3n) is 9.51. The molecule has 3 aromatic carbocycles. The van der Waals surface area contributed by atoms with Crippen LogP contribution < -0.4 is 44.0 Å². The molecular weight excluding hydrogens is 556 g/mol. The van der Waals surface area contributed by atoms with E-state index in [-0.39, 0.29) is 5.54 Å². The fourth-order valence-corrected chi connectivity index (χ4v) is 13.8. The van der Waals surface area contributed by atoms with Gasteiger partial charge in [0.05, 0.1) is 42.7 Å². The molecule has 0 aliphatic heterocycles. The minimum absolute atomic E-state index is 0.109. The van der Waals surface area contributed by atoms with Crippen LogP contribution in [0.15, 0.2) is 58.7 Å². The van der Waals surface area contributed by atoms with Gasteiger partial charge in [-0.1, -0.05) is 11.1 Å². The van der Waals surface area contributed by atoms with Crippen LogP contribution in [0.2, 0.25) is 5.54 Å². The van der Waals surface area contributed by atoms with Crippen molar-refractivity contribution in [1.29, 1.82) is 0 Å². The highest BCUT2D eigenvalue weighted by Crippen LogP contribution is 2.48. The molecule has 0 N–H and O–H groups in total. The molecule has 7 heteroatoms. The van der Waals surface area contributed by atoms with Crippen LogP contribution in [0.5, 0.6) is 34.5 Å². The van der Waals surface area contributed by atoms with Gasteiger partial charge >= 0.3 is 0 Å². The quantitative estimate of drug-likeness (QED) is 0.204. The van der Waals surface area contributed by atoms with Gasteiger partial charge in [-0.15, -0.1) is 0 Å². The summed E-state index contributed by atoms with van der Waals surface area (Å²) in [6.45, 7) is 15.6. The Bertz CT molecular complexity index is 1440. The average molecular weight is 603 g/mol. The highest BCUT2D eigenvalue weighted by Gasteiger charge is 2.53. The van der Waals surface area contributed by atoms with Gasteiger partial charge in [0.25, 0.3) is 0 Å². The van der Waals surface area contributed by atoms with Crippen molar-refractivity contribution >= 4 is 23.6 Å². The van der Waals surface area contributed by atoms with Gasteiger partial charge < -0.3 is 28.4 Å². The molecule has 3 aromatic rings. The Morgan fingerprint density at radius 3 is 0.860 bits per heavy atom. The smallest absolute Gasteiger partial charge is 0.160 e. The van der Waals surface area contributed by atoms with Crippen molar-refractivity contribution in [2.45, 2.75) is 54.0 Å². The van der Waals surface area contributed by atoms with Crippen LogP contribution in [0.3, 0.4) is 0 Å². The van der Waals surface area contributed by atoms with Crippen LogP contribution in [0.25, 0.3) is 0 Å². The number of hydrogen-bond donors (Lipinski definition) is 0. The normalized spacial score (nSPS) is 13.9. The van der Waals surface area contributed by atoms with E-state index in [1.807, 2.05) is 0 Å². The summed E-state index contributed by atoms with van der Waals surface area (Å²) < 4.78 is 35.2. The predicted molar refractivity (Wildman–Crippen MR) is 178 cm³/mol. The summed E-state index contributed by atoms with van der Waals surface area (Å²) in [6.07, 6.45) is 0. The Labute approximate surface area is 258 Å². The minimum atomic E-state index is -3.11. The highest BCUT2D eigenvalue weighted by atomic mass is 28.3. The van der Waals surface area contributed by atoms with Crippen molar-refractivity contribution in [2.24, 2.45) is 0 Å². The van der Waals surface area contributed by atoms with Gasteiger partial charge in [-0.3, -0.25) is 0 Å². The van der Waals surface area contributed by atoms with E-state index in [2.05, 4.69) is 84.9 Å². The minimum Gasteiger partial charge on any atom is -0.493 e. The van der Waals surface area contributed by atoms with Crippen LogP contribution in [0, 0.1) is 20.8 Å². The zero-order valence-corrected chi connectivity index (χ0v) is 29.0. The Kier molecular flexibility index (Phi) is 9.26. The molecule has 0 aromatic heterocycles. The largest absolute Gasteiger partial charge is 0.493 e. The van der Waals surface area contributed by atoms with Gasteiger partial charge in [0.2, 0.25) is 0 Å². The summed E-state index contributed by atoms with van der Waals surface area (Å²) in [5.41, 5.74) is 8.94. The number of ether oxygens (including phenoxy) is 6. The SMILES string of the molecule is COc1cc(C)c([Si](c2cc(OC)c(OC)cc2C)(c2cc(OC)c(OC)cc2C)C2C(C)=C(C)C(C)=C2C)cc1OC. The predicted octanol–water partition coefficient (Wildman–Crippen LogP) is 6.19. The molecule has 1 aliphatic rings. The summed E-state index contributed by atoms with van der Waals surface area (Å²) in [5.74, 6) is 4.22. The number of allylic oxidation sites excluding steroid dienone is 4. The van der Waals surface area contributed by atoms with Gasteiger partial charge in [-0.2, -0.15) is 0 Å². The van der Waals surface area contributed by atoms with Gasteiger partial charge in [0, 0.05) is 5.54 Å². The monoisotopic (exact) mass is 602 g/mol. The van der Waals surface area contributed by atoms with Crippen LogP contribution in [-0.4, -0.2) is 50.7 Å². The van der Waals surface area contributed by atoms with E-state index in [1.54, 1.807) is 42.7 Å². The van der Waals surface area contributed by atoms with Crippen molar-refractivity contribution in [3.8, 4) is 34.5 Å². The van der Waals surface area contributed by atoms with Gasteiger partial charge in [-0.25, -0.2) is 0 Å². The molecule has 0 atom stereocenters. The third kappa shape index (κ3) is 4.97. The number of benzene rings is 3. The number of hydrogen-bond acceptors (Lipinski definition) is 6. The molecule has 0 saturated heterocycles. The van der Waals surface area contributed by atoms with E-state index in [1.165, 1.54) is 37.9 Å². The Morgan fingerprint density at radius 2 is 0.628 bits per heavy atom. The van der Waals surface area contributed by atoms with Crippen LogP contribution in [0.4, 0.5) is 0 Å². The molecule has 6 nitrogen and oxygen atoms in total. The molecule has 0 saturated carbocycles. The van der Waals surface area contributed by atoms with Crippen LogP contribution >= 0.6 is 0 Å². The molecule has 1 aliphatic carbocycles. The maximum Gasteiger partial charge on any atom is 0.160 e. The zero-order chi connectivity index (χ0) is 31.8. The summed E-state index contributed by atoms with van der Waals surface area (Å²) in [6, 6.07) is 12.9. The molecule has 4 rings (SSSR count). The maximum absolute atomic E-state index is 5.96. The summed E-state index contributed by atoms with van der Waals surface area (Å²) in [5, 5.41) is 3.71. The molecule has 0 heterocycles. The molecule has 0 spiro atoms. The molecular formula is C36H46O6Si. The van der Waals surface area contributed by atoms with E-state index in [9.17, 15) is 0 Å². The van der Waals surface area contributed by atoms with E-state index in [0.29, 0.717) is 34.5 Å². The first-order chi connectivity index (χ1) is 20.5. The summed E-state index contributed by atoms with van der Waals surface area (Å²) >= 11 is 0. The van der Waals surface area contributed by atoms with Crippen molar-refractivity contribution in [2.75, 3.05) is 42.7 Å². The van der Waals surface area contributed by atoms with E-state index >= 15 is 0 Å². The lowest BCUT2D eigenvalue weighted by Gasteiger charge is -2.44.